The number of fused-ring (bicyclic) bond motifs is 6. The van der Waals surface area contributed by atoms with E-state index in [9.17, 15) is 14.4 Å². The van der Waals surface area contributed by atoms with Crippen molar-refractivity contribution in [1.82, 2.24) is 19.7 Å². The minimum absolute atomic E-state index is 0.181. The standard InChI is InChI=1S/C27H28N4O4/c1-4-24(32)28-11-12-35-19-9-10-22-20(13-19)25-21-15-30(27(34)29(3)26(21)33)16-23(25)31(22)14-18-7-5-17(2)6-8-18/h4-10,13,21H,1,11-12,14-16H2,2-3H3,(H,28,32). The Morgan fingerprint density at radius 1 is 1.20 bits per heavy atom. The molecule has 2 aliphatic rings. The van der Waals surface area contributed by atoms with E-state index in [0.29, 0.717) is 38.5 Å². The van der Waals surface area contributed by atoms with E-state index in [2.05, 4.69) is 47.7 Å². The molecular weight excluding hydrogens is 444 g/mol. The van der Waals surface area contributed by atoms with E-state index in [1.54, 1.807) is 11.9 Å². The maximum absolute atomic E-state index is 13.1. The van der Waals surface area contributed by atoms with Crippen LogP contribution in [0.15, 0.2) is 55.1 Å². The third kappa shape index (κ3) is 4.05. The van der Waals surface area contributed by atoms with Gasteiger partial charge in [-0.05, 0) is 42.3 Å². The van der Waals surface area contributed by atoms with Gasteiger partial charge in [0.15, 0.2) is 0 Å². The number of aryl methyl sites for hydroxylation is 1. The number of aromatic nitrogens is 1. The summed E-state index contributed by atoms with van der Waals surface area (Å²) in [7, 11) is 1.55. The Hall–Kier alpha value is -4.07. The molecular formula is C27H28N4O4. The van der Waals surface area contributed by atoms with Crippen LogP contribution in [0.1, 0.15) is 28.3 Å². The summed E-state index contributed by atoms with van der Waals surface area (Å²) < 4.78 is 8.11. The summed E-state index contributed by atoms with van der Waals surface area (Å²) in [6.45, 7) is 7.64. The number of benzene rings is 2. The molecule has 2 aromatic carbocycles. The molecule has 0 aliphatic carbocycles. The van der Waals surface area contributed by atoms with Crippen LogP contribution in [0.2, 0.25) is 0 Å². The third-order valence-corrected chi connectivity index (χ3v) is 6.78. The van der Waals surface area contributed by atoms with Gasteiger partial charge in [-0.15, -0.1) is 0 Å². The summed E-state index contributed by atoms with van der Waals surface area (Å²) in [6, 6.07) is 14.0. The lowest BCUT2D eigenvalue weighted by molar-refractivity contribution is -0.132. The van der Waals surface area contributed by atoms with E-state index in [1.165, 1.54) is 16.5 Å². The van der Waals surface area contributed by atoms with Crippen LogP contribution in [-0.4, -0.2) is 59.0 Å². The molecule has 8 nitrogen and oxygen atoms in total. The van der Waals surface area contributed by atoms with Gasteiger partial charge in [0.05, 0.1) is 19.0 Å². The van der Waals surface area contributed by atoms with Gasteiger partial charge in [0, 0.05) is 36.7 Å². The number of hydrogen-bond acceptors (Lipinski definition) is 4. The zero-order valence-corrected chi connectivity index (χ0v) is 19.9. The monoisotopic (exact) mass is 472 g/mol. The molecule has 3 heterocycles. The highest BCUT2D eigenvalue weighted by molar-refractivity contribution is 6.04. The van der Waals surface area contributed by atoms with Crippen LogP contribution >= 0.6 is 0 Å². The Morgan fingerprint density at radius 3 is 2.71 bits per heavy atom. The van der Waals surface area contributed by atoms with Gasteiger partial charge in [-0.2, -0.15) is 0 Å². The molecule has 1 saturated heterocycles. The van der Waals surface area contributed by atoms with Gasteiger partial charge in [-0.25, -0.2) is 4.79 Å². The molecule has 3 aromatic rings. The molecule has 2 aliphatic heterocycles. The number of ether oxygens (including phenoxy) is 1. The molecule has 1 aromatic heterocycles. The second kappa shape index (κ2) is 8.94. The second-order valence-corrected chi connectivity index (χ2v) is 9.07. The molecule has 0 saturated carbocycles. The maximum atomic E-state index is 13.1. The minimum Gasteiger partial charge on any atom is -0.492 e. The average Bonchev–Trinajstić information content (AvgIpc) is 3.17. The van der Waals surface area contributed by atoms with Crippen LogP contribution in [0, 0.1) is 6.92 Å². The number of nitrogens with zero attached hydrogens (tertiary/aromatic N) is 3. The van der Waals surface area contributed by atoms with Gasteiger partial charge in [-0.3, -0.25) is 14.5 Å². The predicted molar refractivity (Wildman–Crippen MR) is 132 cm³/mol. The SMILES string of the molecule is C=CC(=O)NCCOc1ccc2c(c1)c1c(n2Cc2ccc(C)cc2)CN2CC1C(=O)N(C)C2=O. The summed E-state index contributed by atoms with van der Waals surface area (Å²) >= 11 is 0. The van der Waals surface area contributed by atoms with Crippen molar-refractivity contribution in [3.05, 3.63) is 77.5 Å². The highest BCUT2D eigenvalue weighted by Crippen LogP contribution is 2.41. The van der Waals surface area contributed by atoms with E-state index < -0.39 is 5.92 Å². The van der Waals surface area contributed by atoms with Crippen LogP contribution in [0.5, 0.6) is 5.75 Å². The molecule has 2 bridgehead atoms. The number of carbonyl (C=O) groups is 3. The van der Waals surface area contributed by atoms with Gasteiger partial charge in [-0.1, -0.05) is 36.4 Å². The largest absolute Gasteiger partial charge is 0.492 e. The number of imide groups is 1. The van der Waals surface area contributed by atoms with E-state index in [0.717, 1.165) is 27.7 Å². The summed E-state index contributed by atoms with van der Waals surface area (Å²) in [5, 5.41) is 3.65. The Morgan fingerprint density at radius 2 is 1.97 bits per heavy atom. The first kappa shape index (κ1) is 22.7. The number of urea groups is 1. The third-order valence-electron chi connectivity index (χ3n) is 6.78. The van der Waals surface area contributed by atoms with Crippen molar-refractivity contribution < 1.29 is 19.1 Å². The predicted octanol–water partition coefficient (Wildman–Crippen LogP) is 3.17. The Balaban J connectivity index is 1.55. The molecule has 1 atom stereocenters. The summed E-state index contributed by atoms with van der Waals surface area (Å²) in [4.78, 5) is 40.2. The number of carbonyl (C=O) groups excluding carboxylic acids is 3. The number of likely N-dealkylation sites (N-methyl/N-ethyl adjacent to an activating group) is 1. The van der Waals surface area contributed by atoms with Crippen LogP contribution in [0.25, 0.3) is 10.9 Å². The fraction of sp³-hybridized carbons (Fsp3) is 0.296. The first-order valence-electron chi connectivity index (χ1n) is 11.7. The van der Waals surface area contributed by atoms with Crippen molar-refractivity contribution in [3.63, 3.8) is 0 Å². The van der Waals surface area contributed by atoms with Gasteiger partial charge in [0.2, 0.25) is 11.8 Å². The zero-order valence-electron chi connectivity index (χ0n) is 19.9. The lowest BCUT2D eigenvalue weighted by Crippen LogP contribution is -2.56. The van der Waals surface area contributed by atoms with Crippen molar-refractivity contribution in [1.29, 1.82) is 0 Å². The quantitative estimate of drug-likeness (QED) is 0.423. The molecule has 1 fully saturated rings. The first-order chi connectivity index (χ1) is 16.9. The molecule has 1 unspecified atom stereocenters. The molecule has 4 amide bonds. The van der Waals surface area contributed by atoms with Crippen LogP contribution in [-0.2, 0) is 22.7 Å². The van der Waals surface area contributed by atoms with Crippen molar-refractivity contribution in [2.24, 2.45) is 0 Å². The van der Waals surface area contributed by atoms with E-state index in [4.69, 9.17) is 4.74 Å². The van der Waals surface area contributed by atoms with E-state index >= 15 is 0 Å². The fourth-order valence-corrected chi connectivity index (χ4v) is 4.98. The van der Waals surface area contributed by atoms with Crippen molar-refractivity contribution >= 4 is 28.7 Å². The zero-order chi connectivity index (χ0) is 24.7. The summed E-state index contributed by atoms with van der Waals surface area (Å²) in [5.74, 6) is -0.175. The number of hydrogen-bond donors (Lipinski definition) is 1. The molecule has 0 spiro atoms. The number of nitrogens with one attached hydrogen (secondary N) is 1. The molecule has 0 radical (unpaired) electrons. The Kier molecular flexibility index (Phi) is 5.80. The summed E-state index contributed by atoms with van der Waals surface area (Å²) in [6.07, 6.45) is 1.22. The highest BCUT2D eigenvalue weighted by Gasteiger charge is 2.44. The van der Waals surface area contributed by atoms with Crippen LogP contribution in [0.4, 0.5) is 4.79 Å². The molecule has 35 heavy (non-hydrogen) atoms. The van der Waals surface area contributed by atoms with Crippen LogP contribution < -0.4 is 10.1 Å². The second-order valence-electron chi connectivity index (χ2n) is 9.07. The highest BCUT2D eigenvalue weighted by atomic mass is 16.5. The Labute approximate surface area is 203 Å². The molecule has 8 heteroatoms. The first-order valence-corrected chi connectivity index (χ1v) is 11.7. The molecule has 5 rings (SSSR count). The van der Waals surface area contributed by atoms with Crippen molar-refractivity contribution in [3.8, 4) is 5.75 Å². The normalized spacial score (nSPS) is 16.9. The van der Waals surface area contributed by atoms with Crippen molar-refractivity contribution in [2.45, 2.75) is 25.9 Å². The molecule has 180 valence electrons. The van der Waals surface area contributed by atoms with Gasteiger partial charge >= 0.3 is 6.03 Å². The number of amides is 4. The van der Waals surface area contributed by atoms with Gasteiger partial charge in [0.1, 0.15) is 12.4 Å². The summed E-state index contributed by atoms with van der Waals surface area (Å²) in [5.41, 5.74) is 5.30. The fourth-order valence-electron chi connectivity index (χ4n) is 4.98. The average molecular weight is 473 g/mol. The van der Waals surface area contributed by atoms with Crippen LogP contribution in [0.3, 0.4) is 0 Å². The number of rotatable bonds is 7. The lowest BCUT2D eigenvalue weighted by Gasteiger charge is -2.41. The van der Waals surface area contributed by atoms with E-state index in [-0.39, 0.29) is 17.8 Å². The van der Waals surface area contributed by atoms with Gasteiger partial charge < -0.3 is 19.5 Å². The van der Waals surface area contributed by atoms with E-state index in [1.807, 2.05) is 18.2 Å². The lowest BCUT2D eigenvalue weighted by atomic mass is 9.89. The van der Waals surface area contributed by atoms with Gasteiger partial charge in [0.25, 0.3) is 0 Å². The minimum atomic E-state index is -0.412. The maximum Gasteiger partial charge on any atom is 0.326 e. The Bertz CT molecular complexity index is 1340. The smallest absolute Gasteiger partial charge is 0.326 e. The molecule has 1 N–H and O–H groups in total. The van der Waals surface area contributed by atoms with Crippen molar-refractivity contribution in [2.75, 3.05) is 26.7 Å². The topological polar surface area (TPSA) is 83.9 Å².